The molecule has 1 aromatic carbocycles. The van der Waals surface area contributed by atoms with E-state index in [1.807, 2.05) is 37.3 Å². The number of carbonyl (C=O) groups excluding carboxylic acids is 1. The van der Waals surface area contributed by atoms with Crippen LogP contribution in [0.2, 0.25) is 0 Å². The predicted molar refractivity (Wildman–Crippen MR) is 91.4 cm³/mol. The van der Waals surface area contributed by atoms with E-state index < -0.39 is 5.25 Å². The number of fused-ring (bicyclic) bond motifs is 1. The number of hydrogen-bond acceptors (Lipinski definition) is 6. The summed E-state index contributed by atoms with van der Waals surface area (Å²) in [6.45, 7) is 1.87. The molecule has 3 rings (SSSR count). The maximum Gasteiger partial charge on any atom is 0.319 e. The lowest BCUT2D eigenvalue weighted by Crippen LogP contribution is -2.19. The number of para-hydroxylation sites is 1. The van der Waals surface area contributed by atoms with Gasteiger partial charge >= 0.3 is 5.97 Å². The SMILES string of the molecule is CC[C@H](Sc1nc2c(cnn2-c2ccccc2)c(=O)[nH]1)C(=O)OC. The average Bonchev–Trinajstić information content (AvgIpc) is 3.04. The van der Waals surface area contributed by atoms with E-state index >= 15 is 0 Å². The lowest BCUT2D eigenvalue weighted by molar-refractivity contribution is -0.140. The molecule has 0 aliphatic heterocycles. The standard InChI is InChI=1S/C16H16N4O3S/c1-3-12(15(22)23-2)24-16-18-13-11(14(21)19-16)9-17-20(13)10-7-5-4-6-8-10/h4-9,12H,3H2,1-2H3,(H,18,19,21)/t12-/m0/s1. The number of aromatic nitrogens is 4. The van der Waals surface area contributed by atoms with Crippen LogP contribution < -0.4 is 5.56 Å². The van der Waals surface area contributed by atoms with Crippen molar-refractivity contribution in [3.05, 3.63) is 46.9 Å². The third-order valence-electron chi connectivity index (χ3n) is 3.51. The van der Waals surface area contributed by atoms with Gasteiger partial charge in [0, 0.05) is 0 Å². The summed E-state index contributed by atoms with van der Waals surface area (Å²) < 4.78 is 6.38. The first kappa shape index (κ1) is 16.3. The molecular formula is C16H16N4O3S. The number of nitrogens with zero attached hydrogens (tertiary/aromatic N) is 3. The van der Waals surface area contributed by atoms with Crippen LogP contribution in [0, 0.1) is 0 Å². The molecule has 0 amide bonds. The van der Waals surface area contributed by atoms with Gasteiger partial charge in [0.1, 0.15) is 10.6 Å². The smallest absolute Gasteiger partial charge is 0.319 e. The highest BCUT2D eigenvalue weighted by Crippen LogP contribution is 2.24. The zero-order chi connectivity index (χ0) is 17.1. The van der Waals surface area contributed by atoms with Crippen LogP contribution in [0.15, 0.2) is 46.5 Å². The van der Waals surface area contributed by atoms with Crippen molar-refractivity contribution in [2.45, 2.75) is 23.8 Å². The number of hydrogen-bond donors (Lipinski definition) is 1. The molecule has 0 spiro atoms. The maximum atomic E-state index is 12.3. The molecular weight excluding hydrogens is 328 g/mol. The second-order valence-corrected chi connectivity index (χ2v) is 6.23. The minimum Gasteiger partial charge on any atom is -0.468 e. The fourth-order valence-electron chi connectivity index (χ4n) is 2.28. The van der Waals surface area contributed by atoms with Crippen LogP contribution in [0.25, 0.3) is 16.7 Å². The van der Waals surface area contributed by atoms with Gasteiger partial charge in [0.05, 0.1) is 19.0 Å². The van der Waals surface area contributed by atoms with Crippen LogP contribution in [0.5, 0.6) is 0 Å². The average molecular weight is 344 g/mol. The number of methoxy groups -OCH3 is 1. The van der Waals surface area contributed by atoms with E-state index in [1.54, 1.807) is 4.68 Å². The Morgan fingerprint density at radius 2 is 2.12 bits per heavy atom. The minimum absolute atomic E-state index is 0.288. The van der Waals surface area contributed by atoms with Gasteiger partial charge in [0.2, 0.25) is 0 Å². The predicted octanol–water partition coefficient (Wildman–Crippen LogP) is 2.15. The Balaban J connectivity index is 2.05. The molecule has 7 nitrogen and oxygen atoms in total. The second-order valence-electron chi connectivity index (χ2n) is 5.04. The van der Waals surface area contributed by atoms with E-state index in [9.17, 15) is 9.59 Å². The molecule has 2 aromatic heterocycles. The van der Waals surface area contributed by atoms with E-state index in [-0.39, 0.29) is 11.5 Å². The summed E-state index contributed by atoms with van der Waals surface area (Å²) in [5, 5.41) is 4.59. The molecule has 0 radical (unpaired) electrons. The van der Waals surface area contributed by atoms with Crippen molar-refractivity contribution >= 4 is 28.8 Å². The number of carbonyl (C=O) groups is 1. The summed E-state index contributed by atoms with van der Waals surface area (Å²) in [4.78, 5) is 31.2. The van der Waals surface area contributed by atoms with Crippen LogP contribution >= 0.6 is 11.8 Å². The summed E-state index contributed by atoms with van der Waals surface area (Å²) in [6, 6.07) is 9.43. The van der Waals surface area contributed by atoms with Gasteiger partial charge in [-0.2, -0.15) is 5.10 Å². The van der Waals surface area contributed by atoms with Crippen molar-refractivity contribution in [3.63, 3.8) is 0 Å². The third-order valence-corrected chi connectivity index (χ3v) is 4.73. The Kier molecular flexibility index (Phi) is 4.66. The molecule has 0 saturated carbocycles. The fraction of sp³-hybridized carbons (Fsp3) is 0.250. The number of nitrogens with one attached hydrogen (secondary N) is 1. The quantitative estimate of drug-likeness (QED) is 0.433. The molecule has 8 heteroatoms. The van der Waals surface area contributed by atoms with E-state index in [2.05, 4.69) is 15.1 Å². The van der Waals surface area contributed by atoms with Crippen LogP contribution in [0.3, 0.4) is 0 Å². The molecule has 124 valence electrons. The molecule has 1 N–H and O–H groups in total. The van der Waals surface area contributed by atoms with E-state index in [1.165, 1.54) is 25.1 Å². The van der Waals surface area contributed by atoms with Gasteiger partial charge in [-0.3, -0.25) is 9.59 Å². The number of benzene rings is 1. The molecule has 0 unspecified atom stereocenters. The molecule has 0 fully saturated rings. The molecule has 24 heavy (non-hydrogen) atoms. The summed E-state index contributed by atoms with van der Waals surface area (Å²) in [6.07, 6.45) is 2.05. The number of esters is 1. The lowest BCUT2D eigenvalue weighted by atomic mass is 10.3. The van der Waals surface area contributed by atoms with Gasteiger partial charge in [-0.05, 0) is 18.6 Å². The van der Waals surface area contributed by atoms with Gasteiger partial charge in [-0.15, -0.1) is 0 Å². The van der Waals surface area contributed by atoms with Crippen molar-refractivity contribution in [2.75, 3.05) is 7.11 Å². The Morgan fingerprint density at radius 1 is 1.38 bits per heavy atom. The normalized spacial score (nSPS) is 12.2. The molecule has 0 saturated heterocycles. The summed E-state index contributed by atoms with van der Waals surface area (Å²) in [7, 11) is 1.34. The highest BCUT2D eigenvalue weighted by atomic mass is 32.2. The molecule has 3 aromatic rings. The first-order valence-electron chi connectivity index (χ1n) is 7.42. The highest BCUT2D eigenvalue weighted by Gasteiger charge is 2.21. The van der Waals surface area contributed by atoms with Gasteiger partial charge in [-0.25, -0.2) is 9.67 Å². The largest absolute Gasteiger partial charge is 0.468 e. The third kappa shape index (κ3) is 3.05. The Labute approximate surface area is 142 Å². The number of H-pyrrole nitrogens is 1. The Morgan fingerprint density at radius 3 is 2.79 bits per heavy atom. The first-order chi connectivity index (χ1) is 11.6. The highest BCUT2D eigenvalue weighted by molar-refractivity contribution is 8.00. The molecule has 1 atom stereocenters. The van der Waals surface area contributed by atoms with Crippen LogP contribution in [-0.2, 0) is 9.53 Å². The zero-order valence-corrected chi connectivity index (χ0v) is 14.0. The molecule has 0 aliphatic carbocycles. The monoisotopic (exact) mass is 344 g/mol. The van der Waals surface area contributed by atoms with Crippen molar-refractivity contribution in [2.24, 2.45) is 0 Å². The van der Waals surface area contributed by atoms with E-state index in [0.29, 0.717) is 22.6 Å². The maximum absolute atomic E-state index is 12.3. The van der Waals surface area contributed by atoms with Crippen molar-refractivity contribution < 1.29 is 9.53 Å². The van der Waals surface area contributed by atoms with Crippen molar-refractivity contribution in [1.29, 1.82) is 0 Å². The zero-order valence-electron chi connectivity index (χ0n) is 13.2. The van der Waals surface area contributed by atoms with Crippen LogP contribution in [-0.4, -0.2) is 38.1 Å². The second kappa shape index (κ2) is 6.88. The van der Waals surface area contributed by atoms with Crippen LogP contribution in [0.4, 0.5) is 0 Å². The first-order valence-corrected chi connectivity index (χ1v) is 8.30. The number of rotatable bonds is 5. The fourth-order valence-corrected chi connectivity index (χ4v) is 3.20. The summed E-state index contributed by atoms with van der Waals surface area (Å²) in [5.41, 5.74) is 0.970. The van der Waals surface area contributed by atoms with Gasteiger partial charge in [-0.1, -0.05) is 36.9 Å². The summed E-state index contributed by atoms with van der Waals surface area (Å²) >= 11 is 1.18. The van der Waals surface area contributed by atoms with Gasteiger partial charge < -0.3 is 9.72 Å². The van der Waals surface area contributed by atoms with E-state index in [0.717, 1.165) is 5.69 Å². The van der Waals surface area contributed by atoms with Crippen molar-refractivity contribution in [1.82, 2.24) is 19.7 Å². The Hall–Kier alpha value is -2.61. The number of thioether (sulfide) groups is 1. The van der Waals surface area contributed by atoms with Gasteiger partial charge in [0.15, 0.2) is 10.8 Å². The topological polar surface area (TPSA) is 89.9 Å². The lowest BCUT2D eigenvalue weighted by Gasteiger charge is -2.11. The molecule has 0 bridgehead atoms. The minimum atomic E-state index is -0.427. The van der Waals surface area contributed by atoms with Gasteiger partial charge in [0.25, 0.3) is 5.56 Å². The van der Waals surface area contributed by atoms with E-state index in [4.69, 9.17) is 4.74 Å². The van der Waals surface area contributed by atoms with Crippen molar-refractivity contribution in [3.8, 4) is 5.69 Å². The Bertz CT molecular complexity index is 920. The molecule has 2 heterocycles. The molecule has 0 aliphatic rings. The van der Waals surface area contributed by atoms with Crippen LogP contribution in [0.1, 0.15) is 13.3 Å². The summed E-state index contributed by atoms with van der Waals surface area (Å²) in [5.74, 6) is -0.346. The number of aromatic amines is 1. The number of ether oxygens (including phenoxy) is 1.